The van der Waals surface area contributed by atoms with E-state index in [-0.39, 0.29) is 0 Å². The van der Waals surface area contributed by atoms with Gasteiger partial charge in [-0.25, -0.2) is 0 Å². The summed E-state index contributed by atoms with van der Waals surface area (Å²) in [7, 11) is 0. The number of hydrogen-bond acceptors (Lipinski definition) is 2. The number of hydrogen-bond donors (Lipinski definition) is 0. The molecule has 0 aromatic heterocycles. The molecule has 0 unspecified atom stereocenters. The average molecular weight is 665 g/mol. The highest BCUT2D eigenvalue weighted by Crippen LogP contribution is 2.64. The molecule has 246 valence electrons. The van der Waals surface area contributed by atoms with Crippen LogP contribution in [0.5, 0.6) is 0 Å². The Balaban J connectivity index is 1.26. The summed E-state index contributed by atoms with van der Waals surface area (Å²) in [6.07, 6.45) is 0. The molecule has 0 saturated heterocycles. The van der Waals surface area contributed by atoms with Crippen molar-refractivity contribution < 1.29 is 0 Å². The molecular formula is C50H36N2. The molecular weight excluding hydrogens is 629 g/mol. The minimum absolute atomic E-state index is 0.501. The molecule has 2 heteroatoms. The van der Waals surface area contributed by atoms with E-state index in [2.05, 4.69) is 217 Å². The van der Waals surface area contributed by atoms with Gasteiger partial charge in [0.1, 0.15) is 0 Å². The van der Waals surface area contributed by atoms with Crippen LogP contribution in [0.25, 0.3) is 22.3 Å². The Bertz CT molecular complexity index is 2490. The van der Waals surface area contributed by atoms with Crippen molar-refractivity contribution in [3.63, 3.8) is 0 Å². The monoisotopic (exact) mass is 664 g/mol. The summed E-state index contributed by atoms with van der Waals surface area (Å²) >= 11 is 0. The molecule has 0 N–H and O–H groups in total. The van der Waals surface area contributed by atoms with Gasteiger partial charge in [-0.15, -0.1) is 0 Å². The van der Waals surface area contributed by atoms with Crippen LogP contribution in [0, 0.1) is 6.92 Å². The highest BCUT2D eigenvalue weighted by atomic mass is 15.1. The van der Waals surface area contributed by atoms with E-state index in [4.69, 9.17) is 0 Å². The predicted molar refractivity (Wildman–Crippen MR) is 217 cm³/mol. The Hall–Kier alpha value is -6.64. The van der Waals surface area contributed by atoms with Crippen LogP contribution in [0.2, 0.25) is 0 Å². The first-order valence-corrected chi connectivity index (χ1v) is 18.0. The van der Waals surface area contributed by atoms with Gasteiger partial charge in [-0.2, -0.15) is 0 Å². The zero-order valence-corrected chi connectivity index (χ0v) is 28.9. The summed E-state index contributed by atoms with van der Waals surface area (Å²) < 4.78 is 0. The van der Waals surface area contributed by atoms with E-state index in [9.17, 15) is 0 Å². The number of nitrogens with zero attached hydrogens (tertiary/aromatic N) is 2. The summed E-state index contributed by atoms with van der Waals surface area (Å²) in [5.74, 6) is 0. The van der Waals surface area contributed by atoms with Crippen LogP contribution >= 0.6 is 0 Å². The Morgan fingerprint density at radius 2 is 0.615 bits per heavy atom. The molecule has 8 aromatic rings. The third-order valence-corrected chi connectivity index (χ3v) is 10.9. The van der Waals surface area contributed by atoms with Gasteiger partial charge in [0.15, 0.2) is 0 Å². The zero-order chi connectivity index (χ0) is 34.6. The lowest BCUT2D eigenvalue weighted by atomic mass is 9.70. The van der Waals surface area contributed by atoms with Gasteiger partial charge < -0.3 is 9.80 Å². The molecule has 0 saturated carbocycles. The van der Waals surface area contributed by atoms with Gasteiger partial charge in [0, 0.05) is 34.1 Å². The summed E-state index contributed by atoms with van der Waals surface area (Å²) in [5.41, 5.74) is 18.0. The first-order chi connectivity index (χ1) is 25.7. The topological polar surface area (TPSA) is 6.48 Å². The maximum absolute atomic E-state index is 2.47. The van der Waals surface area contributed by atoms with Crippen molar-refractivity contribution in [1.29, 1.82) is 0 Å². The van der Waals surface area contributed by atoms with Crippen LogP contribution in [0.1, 0.15) is 27.8 Å². The Morgan fingerprint density at radius 3 is 1.04 bits per heavy atom. The van der Waals surface area contributed by atoms with Gasteiger partial charge >= 0.3 is 0 Å². The average Bonchev–Trinajstić information content (AvgIpc) is 3.67. The number of para-hydroxylation sites is 3. The van der Waals surface area contributed by atoms with E-state index in [0.717, 1.165) is 34.1 Å². The van der Waals surface area contributed by atoms with Crippen LogP contribution in [-0.2, 0) is 5.41 Å². The zero-order valence-electron chi connectivity index (χ0n) is 28.9. The molecule has 0 amide bonds. The third-order valence-electron chi connectivity index (χ3n) is 10.9. The summed E-state index contributed by atoms with van der Waals surface area (Å²) in [5, 5.41) is 0. The minimum atomic E-state index is -0.501. The van der Waals surface area contributed by atoms with E-state index < -0.39 is 5.41 Å². The molecule has 0 radical (unpaired) electrons. The van der Waals surface area contributed by atoms with Gasteiger partial charge in [-0.1, -0.05) is 133 Å². The molecule has 0 atom stereocenters. The fourth-order valence-corrected chi connectivity index (χ4v) is 8.71. The van der Waals surface area contributed by atoms with Gasteiger partial charge in [0.05, 0.1) is 5.41 Å². The molecule has 10 rings (SSSR count). The van der Waals surface area contributed by atoms with Crippen molar-refractivity contribution in [3.05, 3.63) is 228 Å². The Labute approximate surface area is 305 Å². The molecule has 0 heterocycles. The smallest absolute Gasteiger partial charge is 0.0727 e. The second-order valence-electron chi connectivity index (χ2n) is 13.8. The van der Waals surface area contributed by atoms with E-state index in [1.54, 1.807) is 0 Å². The fraction of sp³-hybridized carbons (Fsp3) is 0.0400. The quantitative estimate of drug-likeness (QED) is 0.175. The minimum Gasteiger partial charge on any atom is -0.310 e. The molecule has 8 aromatic carbocycles. The van der Waals surface area contributed by atoms with Gasteiger partial charge in [0.2, 0.25) is 0 Å². The van der Waals surface area contributed by atoms with Crippen molar-refractivity contribution in [3.8, 4) is 22.3 Å². The van der Waals surface area contributed by atoms with Crippen LogP contribution in [0.4, 0.5) is 34.1 Å². The molecule has 2 aliphatic carbocycles. The van der Waals surface area contributed by atoms with Crippen LogP contribution in [0.15, 0.2) is 200 Å². The maximum atomic E-state index is 2.47. The van der Waals surface area contributed by atoms with Crippen LogP contribution in [-0.4, -0.2) is 0 Å². The van der Waals surface area contributed by atoms with Crippen molar-refractivity contribution in [2.24, 2.45) is 0 Å². The highest BCUT2D eigenvalue weighted by molar-refractivity contribution is 5.97. The first-order valence-electron chi connectivity index (χ1n) is 18.0. The molecule has 2 aliphatic rings. The molecule has 2 nitrogen and oxygen atoms in total. The number of rotatable bonds is 6. The maximum Gasteiger partial charge on any atom is 0.0727 e. The Morgan fingerprint density at radius 1 is 0.288 bits per heavy atom. The molecule has 0 aliphatic heterocycles. The van der Waals surface area contributed by atoms with Gasteiger partial charge in [-0.3, -0.25) is 0 Å². The molecule has 1 spiro atoms. The van der Waals surface area contributed by atoms with Crippen molar-refractivity contribution >= 4 is 34.1 Å². The molecule has 0 bridgehead atoms. The van der Waals surface area contributed by atoms with Gasteiger partial charge in [-0.05, 0) is 124 Å². The second-order valence-corrected chi connectivity index (χ2v) is 13.8. The van der Waals surface area contributed by atoms with Crippen molar-refractivity contribution in [2.45, 2.75) is 12.3 Å². The highest BCUT2D eigenvalue weighted by Gasteiger charge is 2.52. The lowest BCUT2D eigenvalue weighted by Crippen LogP contribution is -2.26. The summed E-state index contributed by atoms with van der Waals surface area (Å²) in [4.78, 5) is 4.77. The molecule has 52 heavy (non-hydrogen) atoms. The SMILES string of the molecule is Cc1ccc(N(c2ccccc2)c2ccc3c(c2)C2(c4ccccc4-c4ccccc42)c2cc(N(c4ccccc4)c4ccccc4)ccc2-3)cc1. The summed E-state index contributed by atoms with van der Waals surface area (Å²) in [6.45, 7) is 2.15. The number of fused-ring (bicyclic) bond motifs is 10. The van der Waals surface area contributed by atoms with Crippen LogP contribution in [0.3, 0.4) is 0 Å². The largest absolute Gasteiger partial charge is 0.310 e. The van der Waals surface area contributed by atoms with E-state index in [0.29, 0.717) is 0 Å². The fourth-order valence-electron chi connectivity index (χ4n) is 8.71. The number of anilines is 6. The lowest BCUT2D eigenvalue weighted by molar-refractivity contribution is 0.793. The van der Waals surface area contributed by atoms with E-state index in [1.807, 2.05) is 0 Å². The normalized spacial score (nSPS) is 12.9. The van der Waals surface area contributed by atoms with E-state index in [1.165, 1.54) is 50.1 Å². The van der Waals surface area contributed by atoms with Crippen molar-refractivity contribution in [2.75, 3.05) is 9.80 Å². The summed E-state index contributed by atoms with van der Waals surface area (Å²) in [6, 6.07) is 73.3. The number of aryl methyl sites for hydroxylation is 1. The molecule has 0 fully saturated rings. The van der Waals surface area contributed by atoms with Crippen molar-refractivity contribution in [1.82, 2.24) is 0 Å². The number of benzene rings is 8. The van der Waals surface area contributed by atoms with Gasteiger partial charge in [0.25, 0.3) is 0 Å². The third kappa shape index (κ3) is 4.51. The Kier molecular flexibility index (Phi) is 6.97. The van der Waals surface area contributed by atoms with E-state index >= 15 is 0 Å². The lowest BCUT2D eigenvalue weighted by Gasteiger charge is -2.33. The first kappa shape index (κ1) is 30.2. The second kappa shape index (κ2) is 12.0. The van der Waals surface area contributed by atoms with Crippen LogP contribution < -0.4 is 9.80 Å². The standard InChI is InChI=1S/C50H36N2/c1-35-25-27-39(28-26-35)52(38-19-9-4-10-20-38)41-30-32-45-44-31-29-40(51(36-15-5-2-6-16-36)37-17-7-3-8-18-37)33-48(44)50(49(45)34-41)46-23-13-11-21-42(46)43-22-12-14-24-47(43)50/h2-34H,1H3. The predicted octanol–water partition coefficient (Wildman–Crippen LogP) is 13.3.